The van der Waals surface area contributed by atoms with Crippen LogP contribution in [0.15, 0.2) is 53.5 Å². The first kappa shape index (κ1) is 18.9. The highest BCUT2D eigenvalue weighted by molar-refractivity contribution is 7.99. The van der Waals surface area contributed by atoms with E-state index in [1.807, 2.05) is 47.3 Å². The molecule has 0 aliphatic heterocycles. The van der Waals surface area contributed by atoms with Crippen LogP contribution in [0.4, 0.5) is 5.13 Å². The number of hydrogen-bond donors (Lipinski definition) is 0. The lowest BCUT2D eigenvalue weighted by Crippen LogP contribution is -2.32. The molecule has 2 aromatic heterocycles. The fourth-order valence-electron chi connectivity index (χ4n) is 2.90. The summed E-state index contributed by atoms with van der Waals surface area (Å²) in [6, 6.07) is 9.96. The lowest BCUT2D eigenvalue weighted by molar-refractivity contribution is -0.116. The van der Waals surface area contributed by atoms with Crippen LogP contribution in [-0.2, 0) is 11.8 Å². The van der Waals surface area contributed by atoms with Gasteiger partial charge in [0.05, 0.1) is 11.4 Å². The number of nitrogens with zero attached hydrogens (tertiary/aromatic N) is 5. The first-order valence-electron chi connectivity index (χ1n) is 9.11. The molecule has 8 heteroatoms. The van der Waals surface area contributed by atoms with Crippen molar-refractivity contribution in [2.75, 3.05) is 17.2 Å². The monoisotopic (exact) mass is 411 g/mol. The van der Waals surface area contributed by atoms with E-state index in [1.165, 1.54) is 35.9 Å². The van der Waals surface area contributed by atoms with Crippen molar-refractivity contribution in [1.29, 1.82) is 0 Å². The molecule has 1 amide bonds. The number of thioether (sulfide) groups is 1. The molecule has 2 heterocycles. The van der Waals surface area contributed by atoms with E-state index in [1.54, 1.807) is 11.0 Å². The quantitative estimate of drug-likeness (QED) is 0.412. The Labute approximate surface area is 172 Å². The van der Waals surface area contributed by atoms with E-state index in [0.717, 1.165) is 22.2 Å². The number of amides is 1. The van der Waals surface area contributed by atoms with Gasteiger partial charge in [0.2, 0.25) is 5.91 Å². The van der Waals surface area contributed by atoms with Gasteiger partial charge in [0.1, 0.15) is 5.82 Å². The number of anilines is 1. The normalized spacial score (nSPS) is 13.5. The summed E-state index contributed by atoms with van der Waals surface area (Å²) in [5, 5.41) is 12.0. The molecule has 0 unspecified atom stereocenters. The molecule has 0 saturated heterocycles. The SMILES string of the molecule is C=CCN(C(=O)CSc1nnc(C2CC2)n1C)c1nc(-c2ccccc2)cs1. The predicted molar refractivity (Wildman–Crippen MR) is 114 cm³/mol. The van der Waals surface area contributed by atoms with Crippen LogP contribution in [-0.4, -0.2) is 38.0 Å². The van der Waals surface area contributed by atoms with Crippen molar-refractivity contribution in [3.8, 4) is 11.3 Å². The van der Waals surface area contributed by atoms with Gasteiger partial charge in [-0.2, -0.15) is 0 Å². The Hall–Kier alpha value is -2.45. The van der Waals surface area contributed by atoms with E-state index in [0.29, 0.717) is 17.6 Å². The average molecular weight is 412 g/mol. The maximum absolute atomic E-state index is 12.9. The molecule has 3 aromatic rings. The summed E-state index contributed by atoms with van der Waals surface area (Å²) in [6.45, 7) is 4.21. The van der Waals surface area contributed by atoms with E-state index in [4.69, 9.17) is 0 Å². The van der Waals surface area contributed by atoms with Crippen LogP contribution in [0, 0.1) is 0 Å². The number of aromatic nitrogens is 4. The number of benzene rings is 1. The Morgan fingerprint density at radius 1 is 1.36 bits per heavy atom. The highest BCUT2D eigenvalue weighted by Gasteiger charge is 2.29. The molecule has 6 nitrogen and oxygen atoms in total. The van der Waals surface area contributed by atoms with E-state index in [9.17, 15) is 4.79 Å². The van der Waals surface area contributed by atoms with Gasteiger partial charge in [-0.1, -0.05) is 48.2 Å². The Balaban J connectivity index is 1.46. The van der Waals surface area contributed by atoms with Gasteiger partial charge in [-0.3, -0.25) is 9.69 Å². The second-order valence-electron chi connectivity index (χ2n) is 6.64. The summed E-state index contributed by atoms with van der Waals surface area (Å²) in [4.78, 5) is 19.2. The molecule has 1 aliphatic rings. The van der Waals surface area contributed by atoms with E-state index < -0.39 is 0 Å². The minimum Gasteiger partial charge on any atom is -0.309 e. The van der Waals surface area contributed by atoms with Gasteiger partial charge in [0, 0.05) is 30.5 Å². The van der Waals surface area contributed by atoms with Crippen molar-refractivity contribution >= 4 is 34.1 Å². The second kappa shape index (κ2) is 8.28. The van der Waals surface area contributed by atoms with E-state index >= 15 is 0 Å². The maximum Gasteiger partial charge on any atom is 0.239 e. The first-order chi connectivity index (χ1) is 13.7. The van der Waals surface area contributed by atoms with Gasteiger partial charge in [0.25, 0.3) is 0 Å². The zero-order valence-electron chi connectivity index (χ0n) is 15.6. The van der Waals surface area contributed by atoms with Crippen LogP contribution < -0.4 is 4.90 Å². The summed E-state index contributed by atoms with van der Waals surface area (Å²) >= 11 is 2.88. The Bertz CT molecular complexity index is 978. The number of carbonyl (C=O) groups excluding carboxylic acids is 1. The molecular weight excluding hydrogens is 390 g/mol. The topological polar surface area (TPSA) is 63.9 Å². The zero-order valence-corrected chi connectivity index (χ0v) is 17.2. The third-order valence-corrected chi connectivity index (χ3v) is 6.41. The van der Waals surface area contributed by atoms with Crippen LogP contribution in [0.2, 0.25) is 0 Å². The van der Waals surface area contributed by atoms with Crippen molar-refractivity contribution in [2.45, 2.75) is 23.9 Å². The molecule has 1 aromatic carbocycles. The molecule has 0 spiro atoms. The minimum absolute atomic E-state index is 0.0187. The molecule has 144 valence electrons. The lowest BCUT2D eigenvalue weighted by Gasteiger charge is -2.17. The van der Waals surface area contributed by atoms with Crippen molar-refractivity contribution < 1.29 is 4.79 Å². The van der Waals surface area contributed by atoms with Crippen molar-refractivity contribution in [2.24, 2.45) is 7.05 Å². The van der Waals surface area contributed by atoms with Gasteiger partial charge >= 0.3 is 0 Å². The van der Waals surface area contributed by atoms with Crippen LogP contribution in [0.25, 0.3) is 11.3 Å². The highest BCUT2D eigenvalue weighted by Crippen LogP contribution is 2.39. The van der Waals surface area contributed by atoms with Crippen molar-refractivity contribution in [3.63, 3.8) is 0 Å². The molecular formula is C20H21N5OS2. The Morgan fingerprint density at radius 3 is 2.86 bits per heavy atom. The number of hydrogen-bond acceptors (Lipinski definition) is 6. The zero-order chi connectivity index (χ0) is 19.5. The minimum atomic E-state index is -0.0187. The number of carbonyl (C=O) groups is 1. The summed E-state index contributed by atoms with van der Waals surface area (Å²) < 4.78 is 2.00. The molecule has 1 saturated carbocycles. The van der Waals surface area contributed by atoms with Gasteiger partial charge in [-0.25, -0.2) is 4.98 Å². The Kier molecular flexibility index (Phi) is 5.59. The smallest absolute Gasteiger partial charge is 0.239 e. The molecule has 1 aliphatic carbocycles. The third kappa shape index (κ3) is 4.02. The molecule has 1 fully saturated rings. The van der Waals surface area contributed by atoms with Crippen LogP contribution in [0.1, 0.15) is 24.6 Å². The molecule has 0 radical (unpaired) electrons. The summed E-state index contributed by atoms with van der Waals surface area (Å²) in [7, 11) is 1.97. The van der Waals surface area contributed by atoms with Crippen LogP contribution >= 0.6 is 23.1 Å². The van der Waals surface area contributed by atoms with Gasteiger partial charge in [-0.05, 0) is 12.8 Å². The molecule has 0 bridgehead atoms. The first-order valence-corrected chi connectivity index (χ1v) is 11.0. The van der Waals surface area contributed by atoms with Gasteiger partial charge in [-0.15, -0.1) is 28.1 Å². The molecule has 0 N–H and O–H groups in total. The van der Waals surface area contributed by atoms with Crippen molar-refractivity contribution in [1.82, 2.24) is 19.7 Å². The Morgan fingerprint density at radius 2 is 2.14 bits per heavy atom. The number of thiazole rings is 1. The molecule has 4 rings (SSSR count). The van der Waals surface area contributed by atoms with Crippen molar-refractivity contribution in [3.05, 3.63) is 54.2 Å². The maximum atomic E-state index is 12.9. The average Bonchev–Trinajstić information content (AvgIpc) is 3.32. The van der Waals surface area contributed by atoms with E-state index in [2.05, 4.69) is 21.8 Å². The molecule has 28 heavy (non-hydrogen) atoms. The fourth-order valence-corrected chi connectivity index (χ4v) is 4.55. The standard InChI is InChI=1S/C20H21N5OS2/c1-3-11-25(19-21-16(12-27-19)14-7-5-4-6-8-14)17(26)13-28-20-23-22-18(24(20)2)15-9-10-15/h3-8,12,15H,1,9-11,13H2,2H3. The second-order valence-corrected chi connectivity index (χ2v) is 8.42. The number of rotatable bonds is 8. The fraction of sp³-hybridized carbons (Fsp3) is 0.300. The summed E-state index contributed by atoms with van der Waals surface area (Å²) in [5.74, 6) is 1.82. The lowest BCUT2D eigenvalue weighted by atomic mass is 10.2. The van der Waals surface area contributed by atoms with Gasteiger partial charge < -0.3 is 4.57 Å². The third-order valence-electron chi connectivity index (χ3n) is 4.54. The molecule has 0 atom stereocenters. The van der Waals surface area contributed by atoms with Crippen LogP contribution in [0.5, 0.6) is 0 Å². The van der Waals surface area contributed by atoms with E-state index in [-0.39, 0.29) is 11.7 Å². The predicted octanol–water partition coefficient (Wildman–Crippen LogP) is 4.13. The summed E-state index contributed by atoms with van der Waals surface area (Å²) in [5.41, 5.74) is 1.91. The van der Waals surface area contributed by atoms with Gasteiger partial charge in [0.15, 0.2) is 10.3 Å². The highest BCUT2D eigenvalue weighted by atomic mass is 32.2. The summed E-state index contributed by atoms with van der Waals surface area (Å²) in [6.07, 6.45) is 4.08. The van der Waals surface area contributed by atoms with Crippen LogP contribution in [0.3, 0.4) is 0 Å². The largest absolute Gasteiger partial charge is 0.309 e.